The largest absolute Gasteiger partial charge is 0.469 e. The summed E-state index contributed by atoms with van der Waals surface area (Å²) in [5.74, 6) is -1.20. The number of methoxy groups -OCH3 is 1. The van der Waals surface area contributed by atoms with E-state index in [2.05, 4.69) is 10.1 Å². The van der Waals surface area contributed by atoms with Crippen LogP contribution < -0.4 is 5.32 Å². The van der Waals surface area contributed by atoms with Crippen molar-refractivity contribution in [1.29, 1.82) is 0 Å². The molecule has 1 aromatic carbocycles. The van der Waals surface area contributed by atoms with Crippen molar-refractivity contribution in [2.24, 2.45) is 5.92 Å². The van der Waals surface area contributed by atoms with Gasteiger partial charge in [-0.3, -0.25) is 14.4 Å². The van der Waals surface area contributed by atoms with Gasteiger partial charge in [0.1, 0.15) is 0 Å². The molecular weight excluding hydrogens is 320 g/mol. The van der Waals surface area contributed by atoms with Gasteiger partial charge in [0.2, 0.25) is 11.8 Å². The van der Waals surface area contributed by atoms with Crippen LogP contribution in [0.15, 0.2) is 24.3 Å². The molecule has 2 rings (SSSR count). The molecule has 1 aromatic rings. The SMILES string of the molecule is COC(=O)C[C@H](NC(=O)[C@H]1CC(=O)N(C)C1)c1ccccc1Cl. The number of amides is 2. The Bertz CT molecular complexity index is 620. The number of halogens is 1. The lowest BCUT2D eigenvalue weighted by atomic mass is 10.0. The summed E-state index contributed by atoms with van der Waals surface area (Å²) in [6.07, 6.45) is 0.151. The number of nitrogens with zero attached hydrogens (tertiary/aromatic N) is 1. The minimum absolute atomic E-state index is 0.0253. The highest BCUT2D eigenvalue weighted by Crippen LogP contribution is 2.26. The Morgan fingerprint density at radius 1 is 1.43 bits per heavy atom. The number of carbonyl (C=O) groups is 3. The average molecular weight is 339 g/mol. The van der Waals surface area contributed by atoms with Gasteiger partial charge in [-0.25, -0.2) is 0 Å². The number of esters is 1. The lowest BCUT2D eigenvalue weighted by Gasteiger charge is -2.21. The van der Waals surface area contributed by atoms with Crippen molar-refractivity contribution in [2.45, 2.75) is 18.9 Å². The van der Waals surface area contributed by atoms with E-state index in [0.29, 0.717) is 17.1 Å². The van der Waals surface area contributed by atoms with Gasteiger partial charge in [-0.1, -0.05) is 29.8 Å². The normalized spacial score (nSPS) is 18.7. The first-order valence-corrected chi connectivity index (χ1v) is 7.65. The molecule has 1 aliphatic rings. The summed E-state index contributed by atoms with van der Waals surface area (Å²) in [7, 11) is 2.95. The van der Waals surface area contributed by atoms with Crippen LogP contribution in [0.2, 0.25) is 5.02 Å². The summed E-state index contributed by atoms with van der Waals surface area (Å²) in [4.78, 5) is 37.1. The van der Waals surface area contributed by atoms with E-state index in [-0.39, 0.29) is 24.7 Å². The second-order valence-corrected chi connectivity index (χ2v) is 5.95. The van der Waals surface area contributed by atoms with E-state index in [0.717, 1.165) is 0 Å². The van der Waals surface area contributed by atoms with Crippen molar-refractivity contribution in [3.05, 3.63) is 34.9 Å². The number of likely N-dealkylation sites (tertiary alicyclic amines) is 1. The van der Waals surface area contributed by atoms with Crippen molar-refractivity contribution >= 4 is 29.4 Å². The summed E-state index contributed by atoms with van der Waals surface area (Å²) >= 11 is 6.17. The van der Waals surface area contributed by atoms with Crippen LogP contribution in [0.3, 0.4) is 0 Å². The van der Waals surface area contributed by atoms with Gasteiger partial charge in [0.15, 0.2) is 0 Å². The summed E-state index contributed by atoms with van der Waals surface area (Å²) in [5.41, 5.74) is 0.644. The van der Waals surface area contributed by atoms with Crippen LogP contribution in [0.25, 0.3) is 0 Å². The molecule has 124 valence electrons. The molecule has 0 unspecified atom stereocenters. The quantitative estimate of drug-likeness (QED) is 0.826. The summed E-state index contributed by atoms with van der Waals surface area (Å²) in [6.45, 7) is 0.373. The van der Waals surface area contributed by atoms with Gasteiger partial charge >= 0.3 is 5.97 Å². The van der Waals surface area contributed by atoms with Crippen molar-refractivity contribution in [1.82, 2.24) is 10.2 Å². The van der Waals surface area contributed by atoms with Gasteiger partial charge in [-0.05, 0) is 11.6 Å². The molecule has 6 nitrogen and oxygen atoms in total. The molecule has 0 bridgehead atoms. The number of rotatable bonds is 5. The fourth-order valence-electron chi connectivity index (χ4n) is 2.58. The maximum atomic E-state index is 12.4. The van der Waals surface area contributed by atoms with Crippen LogP contribution in [-0.4, -0.2) is 43.4 Å². The number of hydrogen-bond acceptors (Lipinski definition) is 4. The Morgan fingerprint density at radius 2 is 2.13 bits per heavy atom. The number of carbonyl (C=O) groups excluding carboxylic acids is 3. The molecule has 0 aromatic heterocycles. The second kappa shape index (κ2) is 7.46. The predicted molar refractivity (Wildman–Crippen MR) is 84.7 cm³/mol. The summed E-state index contributed by atoms with van der Waals surface area (Å²) < 4.78 is 4.69. The fourth-order valence-corrected chi connectivity index (χ4v) is 2.84. The molecule has 1 aliphatic heterocycles. The average Bonchev–Trinajstić information content (AvgIpc) is 2.86. The van der Waals surface area contributed by atoms with Crippen LogP contribution in [0, 0.1) is 5.92 Å². The maximum Gasteiger partial charge on any atom is 0.307 e. The predicted octanol–water partition coefficient (Wildman–Crippen LogP) is 1.54. The molecule has 7 heteroatoms. The Hall–Kier alpha value is -2.08. The summed E-state index contributed by atoms with van der Waals surface area (Å²) in [5, 5.41) is 3.28. The zero-order valence-electron chi connectivity index (χ0n) is 13.0. The zero-order valence-corrected chi connectivity index (χ0v) is 13.8. The van der Waals surface area contributed by atoms with E-state index < -0.39 is 17.9 Å². The Balaban J connectivity index is 2.15. The maximum absolute atomic E-state index is 12.4. The molecule has 2 atom stereocenters. The monoisotopic (exact) mass is 338 g/mol. The van der Waals surface area contributed by atoms with Crippen LogP contribution in [0.1, 0.15) is 24.4 Å². The molecule has 2 amide bonds. The molecule has 23 heavy (non-hydrogen) atoms. The van der Waals surface area contributed by atoms with Gasteiger partial charge < -0.3 is 15.0 Å². The van der Waals surface area contributed by atoms with E-state index in [1.165, 1.54) is 12.0 Å². The first-order valence-electron chi connectivity index (χ1n) is 7.28. The first kappa shape index (κ1) is 17.3. The van der Waals surface area contributed by atoms with Crippen LogP contribution in [0.5, 0.6) is 0 Å². The minimum Gasteiger partial charge on any atom is -0.469 e. The Morgan fingerprint density at radius 3 is 2.70 bits per heavy atom. The van der Waals surface area contributed by atoms with Crippen molar-refractivity contribution in [3.8, 4) is 0 Å². The van der Waals surface area contributed by atoms with E-state index in [1.54, 1.807) is 31.3 Å². The lowest BCUT2D eigenvalue weighted by molar-refractivity contribution is -0.141. The molecule has 1 saturated heterocycles. The third-order valence-corrected chi connectivity index (χ3v) is 4.25. The third kappa shape index (κ3) is 4.22. The lowest BCUT2D eigenvalue weighted by Crippen LogP contribution is -2.36. The van der Waals surface area contributed by atoms with E-state index >= 15 is 0 Å². The fraction of sp³-hybridized carbons (Fsp3) is 0.438. The van der Waals surface area contributed by atoms with Gasteiger partial charge in [-0.2, -0.15) is 0 Å². The topological polar surface area (TPSA) is 75.7 Å². The highest BCUT2D eigenvalue weighted by molar-refractivity contribution is 6.31. The van der Waals surface area contributed by atoms with Gasteiger partial charge in [0, 0.05) is 25.0 Å². The van der Waals surface area contributed by atoms with Gasteiger partial charge in [0.25, 0.3) is 0 Å². The Kier molecular flexibility index (Phi) is 5.60. The molecule has 1 N–H and O–H groups in total. The summed E-state index contributed by atoms with van der Waals surface area (Å²) in [6, 6.07) is 6.41. The minimum atomic E-state index is -0.593. The second-order valence-electron chi connectivity index (χ2n) is 5.54. The van der Waals surface area contributed by atoms with Crippen LogP contribution in [0.4, 0.5) is 0 Å². The molecule has 1 heterocycles. The number of ether oxygens (including phenoxy) is 1. The van der Waals surface area contributed by atoms with E-state index in [9.17, 15) is 14.4 Å². The van der Waals surface area contributed by atoms with Gasteiger partial charge in [-0.15, -0.1) is 0 Å². The van der Waals surface area contributed by atoms with E-state index in [4.69, 9.17) is 11.6 Å². The molecule has 1 fully saturated rings. The molecule has 0 radical (unpaired) electrons. The van der Waals surface area contributed by atoms with E-state index in [1.807, 2.05) is 0 Å². The standard InChI is InChI=1S/C16H19ClN2O4/c1-19-9-10(7-14(19)20)16(22)18-13(8-15(21)23-2)11-5-3-4-6-12(11)17/h3-6,10,13H,7-9H2,1-2H3,(H,18,22)/t10-,13-/m0/s1. The number of hydrogen-bond donors (Lipinski definition) is 1. The smallest absolute Gasteiger partial charge is 0.307 e. The highest BCUT2D eigenvalue weighted by Gasteiger charge is 2.33. The first-order chi connectivity index (χ1) is 10.9. The van der Waals surface area contributed by atoms with Crippen LogP contribution >= 0.6 is 11.6 Å². The third-order valence-electron chi connectivity index (χ3n) is 3.91. The molecular formula is C16H19ClN2O4. The molecule has 0 aliphatic carbocycles. The van der Waals surface area contributed by atoms with Crippen molar-refractivity contribution in [3.63, 3.8) is 0 Å². The number of benzene rings is 1. The van der Waals surface area contributed by atoms with Crippen molar-refractivity contribution in [2.75, 3.05) is 20.7 Å². The number of nitrogens with one attached hydrogen (secondary N) is 1. The molecule has 0 saturated carbocycles. The Labute approximate surface area is 139 Å². The molecule has 0 spiro atoms. The highest BCUT2D eigenvalue weighted by atomic mass is 35.5. The van der Waals surface area contributed by atoms with Crippen LogP contribution in [-0.2, 0) is 19.1 Å². The zero-order chi connectivity index (χ0) is 17.0. The van der Waals surface area contributed by atoms with Gasteiger partial charge in [0.05, 0.1) is 25.5 Å². The van der Waals surface area contributed by atoms with Crippen molar-refractivity contribution < 1.29 is 19.1 Å².